The predicted octanol–water partition coefficient (Wildman–Crippen LogP) is 3.31. The van der Waals surface area contributed by atoms with Gasteiger partial charge in [-0.3, -0.25) is 4.79 Å². The van der Waals surface area contributed by atoms with Crippen molar-refractivity contribution in [2.24, 2.45) is 0 Å². The van der Waals surface area contributed by atoms with Crippen LogP contribution in [0.25, 0.3) is 0 Å². The molecule has 0 bridgehead atoms. The number of benzene rings is 2. The lowest BCUT2D eigenvalue weighted by atomic mass is 9.91. The predicted molar refractivity (Wildman–Crippen MR) is 101 cm³/mol. The van der Waals surface area contributed by atoms with Crippen LogP contribution < -0.4 is 14.4 Å². The first-order chi connectivity index (χ1) is 13.8. The Morgan fingerprint density at radius 3 is 2.52 bits per heavy atom. The zero-order valence-corrected chi connectivity index (χ0v) is 15.9. The Bertz CT molecular complexity index is 925. The SMILES string of the molecule is CC1(COc2cc(F)cc(F)c2)CC(=O)c2c(O)cc(N3CCOCC3)cc2O1. The zero-order chi connectivity index (χ0) is 20.6. The van der Waals surface area contributed by atoms with Crippen LogP contribution in [0.2, 0.25) is 0 Å². The van der Waals surface area contributed by atoms with Crippen molar-refractivity contribution in [3.63, 3.8) is 0 Å². The molecule has 154 valence electrons. The van der Waals surface area contributed by atoms with Crippen LogP contribution in [0.5, 0.6) is 17.2 Å². The molecular weight excluding hydrogens is 384 g/mol. The Morgan fingerprint density at radius 1 is 1.14 bits per heavy atom. The summed E-state index contributed by atoms with van der Waals surface area (Å²) in [6, 6.07) is 6.15. The second-order valence-electron chi connectivity index (χ2n) is 7.48. The van der Waals surface area contributed by atoms with E-state index in [9.17, 15) is 18.7 Å². The first-order valence-corrected chi connectivity index (χ1v) is 9.34. The van der Waals surface area contributed by atoms with Gasteiger partial charge in [0.2, 0.25) is 0 Å². The summed E-state index contributed by atoms with van der Waals surface area (Å²) in [5, 5.41) is 10.4. The minimum absolute atomic E-state index is 0.00971. The van der Waals surface area contributed by atoms with Crippen LogP contribution in [0.4, 0.5) is 14.5 Å². The first-order valence-electron chi connectivity index (χ1n) is 9.34. The quantitative estimate of drug-likeness (QED) is 0.842. The molecule has 1 saturated heterocycles. The summed E-state index contributed by atoms with van der Waals surface area (Å²) in [7, 11) is 0. The first kappa shape index (κ1) is 19.4. The van der Waals surface area contributed by atoms with Crippen LogP contribution in [0.15, 0.2) is 30.3 Å². The number of phenols is 1. The number of nitrogens with zero attached hydrogens (tertiary/aromatic N) is 1. The monoisotopic (exact) mass is 405 g/mol. The van der Waals surface area contributed by atoms with Crippen LogP contribution in [-0.2, 0) is 4.74 Å². The Kier molecular flexibility index (Phi) is 5.04. The summed E-state index contributed by atoms with van der Waals surface area (Å²) in [4.78, 5) is 14.7. The Morgan fingerprint density at radius 2 is 1.83 bits per heavy atom. The van der Waals surface area contributed by atoms with E-state index in [1.807, 2.05) is 4.90 Å². The van der Waals surface area contributed by atoms with Gasteiger partial charge in [-0.2, -0.15) is 0 Å². The maximum atomic E-state index is 13.4. The Labute approximate surface area is 166 Å². The van der Waals surface area contributed by atoms with Crippen molar-refractivity contribution < 1.29 is 32.9 Å². The van der Waals surface area contributed by atoms with E-state index in [0.717, 1.165) is 23.9 Å². The molecule has 0 aliphatic carbocycles. The van der Waals surface area contributed by atoms with Gasteiger partial charge in [0.1, 0.15) is 46.7 Å². The number of carbonyl (C=O) groups excluding carboxylic acids is 1. The van der Waals surface area contributed by atoms with Gasteiger partial charge in [0.05, 0.1) is 19.6 Å². The lowest BCUT2D eigenvalue weighted by molar-refractivity contribution is 0.0184. The summed E-state index contributed by atoms with van der Waals surface area (Å²) in [6.07, 6.45) is -0.0394. The molecule has 1 atom stereocenters. The fourth-order valence-electron chi connectivity index (χ4n) is 3.61. The summed E-state index contributed by atoms with van der Waals surface area (Å²) in [6.45, 7) is 4.07. The van der Waals surface area contributed by atoms with Crippen LogP contribution >= 0.6 is 0 Å². The number of halogens is 2. The molecule has 2 aliphatic rings. The minimum Gasteiger partial charge on any atom is -0.507 e. The van der Waals surface area contributed by atoms with E-state index in [4.69, 9.17) is 14.2 Å². The van der Waals surface area contributed by atoms with Gasteiger partial charge in [-0.15, -0.1) is 0 Å². The average Bonchev–Trinajstić information content (AvgIpc) is 2.65. The van der Waals surface area contributed by atoms with Crippen molar-refractivity contribution >= 4 is 11.5 Å². The van der Waals surface area contributed by atoms with Crippen LogP contribution in [0.1, 0.15) is 23.7 Å². The highest BCUT2D eigenvalue weighted by molar-refractivity contribution is 6.03. The van der Waals surface area contributed by atoms with Crippen LogP contribution in [0, 0.1) is 11.6 Å². The third kappa shape index (κ3) is 4.12. The molecular formula is C21H21F2NO5. The zero-order valence-electron chi connectivity index (χ0n) is 15.9. The lowest BCUT2D eigenvalue weighted by Crippen LogP contribution is -2.44. The summed E-state index contributed by atoms with van der Waals surface area (Å²) >= 11 is 0. The van der Waals surface area contributed by atoms with E-state index in [1.54, 1.807) is 19.1 Å². The number of Topliss-reactive ketones (excluding diaryl/α,β-unsaturated/α-hetero) is 1. The van der Waals surface area contributed by atoms with Gasteiger partial charge in [-0.1, -0.05) is 0 Å². The Balaban J connectivity index is 1.57. The second kappa shape index (κ2) is 7.51. The van der Waals surface area contributed by atoms with E-state index in [0.29, 0.717) is 26.3 Å². The number of ether oxygens (including phenoxy) is 3. The number of aromatic hydroxyl groups is 1. The molecule has 1 unspecified atom stereocenters. The molecule has 0 amide bonds. The van der Waals surface area contributed by atoms with Gasteiger partial charge in [0, 0.05) is 49.1 Å². The molecule has 4 rings (SSSR count). The Hall–Kier alpha value is -2.87. The van der Waals surface area contributed by atoms with Crippen molar-refractivity contribution in [3.05, 3.63) is 47.5 Å². The smallest absolute Gasteiger partial charge is 0.174 e. The summed E-state index contributed by atoms with van der Waals surface area (Å²) in [5.41, 5.74) is -0.186. The number of rotatable bonds is 4. The molecule has 0 saturated carbocycles. The van der Waals surface area contributed by atoms with E-state index < -0.39 is 17.2 Å². The highest BCUT2D eigenvalue weighted by Gasteiger charge is 2.39. The number of phenolic OH excluding ortho intramolecular Hbond substituents is 1. The normalized spacial score (nSPS) is 21.5. The fraction of sp³-hybridized carbons (Fsp3) is 0.381. The van der Waals surface area contributed by atoms with Gasteiger partial charge < -0.3 is 24.2 Å². The molecule has 1 N–H and O–H groups in total. The lowest BCUT2D eigenvalue weighted by Gasteiger charge is -2.36. The molecule has 0 spiro atoms. The highest BCUT2D eigenvalue weighted by Crippen LogP contribution is 2.41. The third-order valence-corrected chi connectivity index (χ3v) is 4.99. The largest absolute Gasteiger partial charge is 0.507 e. The topological polar surface area (TPSA) is 68.2 Å². The maximum absolute atomic E-state index is 13.4. The third-order valence-electron chi connectivity index (χ3n) is 4.99. The molecule has 0 aromatic heterocycles. The van der Waals surface area contributed by atoms with Crippen molar-refractivity contribution in [1.82, 2.24) is 0 Å². The molecule has 1 fully saturated rings. The number of hydrogen-bond acceptors (Lipinski definition) is 6. The maximum Gasteiger partial charge on any atom is 0.174 e. The van der Waals surface area contributed by atoms with Gasteiger partial charge >= 0.3 is 0 Å². The van der Waals surface area contributed by atoms with Crippen molar-refractivity contribution in [1.29, 1.82) is 0 Å². The molecule has 2 aromatic rings. The molecule has 2 heterocycles. The van der Waals surface area contributed by atoms with E-state index in [-0.39, 0.29) is 41.6 Å². The minimum atomic E-state index is -1.05. The van der Waals surface area contributed by atoms with Gasteiger partial charge in [0.15, 0.2) is 5.78 Å². The van der Waals surface area contributed by atoms with E-state index >= 15 is 0 Å². The van der Waals surface area contributed by atoms with Crippen LogP contribution in [-0.4, -0.2) is 49.4 Å². The van der Waals surface area contributed by atoms with Gasteiger partial charge in [-0.05, 0) is 6.92 Å². The average molecular weight is 405 g/mol. The number of hydrogen-bond donors (Lipinski definition) is 1. The fourth-order valence-corrected chi connectivity index (χ4v) is 3.61. The standard InChI is InChI=1S/C21H21F2NO5/c1-21(12-28-16-7-13(22)6-14(23)8-16)11-18(26)20-17(25)9-15(10-19(20)29-21)24-2-4-27-5-3-24/h6-10,25H,2-5,11-12H2,1H3. The van der Waals surface area contributed by atoms with Crippen molar-refractivity contribution in [2.75, 3.05) is 37.8 Å². The van der Waals surface area contributed by atoms with E-state index in [1.165, 1.54) is 0 Å². The highest BCUT2D eigenvalue weighted by atomic mass is 19.1. The number of anilines is 1. The summed E-state index contributed by atoms with van der Waals surface area (Å²) in [5.74, 6) is -1.65. The van der Waals surface area contributed by atoms with Crippen molar-refractivity contribution in [3.8, 4) is 17.2 Å². The molecule has 0 radical (unpaired) electrons. The van der Waals surface area contributed by atoms with E-state index in [2.05, 4.69) is 0 Å². The van der Waals surface area contributed by atoms with Crippen molar-refractivity contribution in [2.45, 2.75) is 18.9 Å². The van der Waals surface area contributed by atoms with Crippen LogP contribution in [0.3, 0.4) is 0 Å². The molecule has 2 aliphatic heterocycles. The number of fused-ring (bicyclic) bond motifs is 1. The molecule has 2 aromatic carbocycles. The number of morpholine rings is 1. The molecule has 8 heteroatoms. The molecule has 29 heavy (non-hydrogen) atoms. The number of ketones is 1. The molecule has 6 nitrogen and oxygen atoms in total. The van der Waals surface area contributed by atoms with Gasteiger partial charge in [0.25, 0.3) is 0 Å². The summed E-state index contributed by atoms with van der Waals surface area (Å²) < 4.78 is 43.6. The second-order valence-corrected chi connectivity index (χ2v) is 7.48. The number of carbonyl (C=O) groups is 1. The van der Waals surface area contributed by atoms with Gasteiger partial charge in [-0.25, -0.2) is 8.78 Å².